The van der Waals surface area contributed by atoms with Crippen molar-refractivity contribution < 1.29 is 14.3 Å². The topological polar surface area (TPSA) is 106 Å². The first kappa shape index (κ1) is 24.8. The molecule has 0 spiro atoms. The molecule has 3 rings (SSSR count). The molecule has 0 aliphatic carbocycles. The van der Waals surface area contributed by atoms with Crippen molar-refractivity contribution in [1.82, 2.24) is 10.3 Å². The van der Waals surface area contributed by atoms with E-state index in [2.05, 4.69) is 15.6 Å². The van der Waals surface area contributed by atoms with Gasteiger partial charge in [-0.15, -0.1) is 24.8 Å². The van der Waals surface area contributed by atoms with Crippen LogP contribution in [0.2, 0.25) is 0 Å². The normalized spacial score (nSPS) is 14.7. The summed E-state index contributed by atoms with van der Waals surface area (Å²) in [4.78, 5) is 28.5. The molecule has 1 atom stereocenters. The summed E-state index contributed by atoms with van der Waals surface area (Å²) in [5.74, 6) is -0.286. The maximum Gasteiger partial charge on any atom is 0.274 e. The summed E-state index contributed by atoms with van der Waals surface area (Å²) < 4.78 is 5.31. The van der Waals surface area contributed by atoms with E-state index in [9.17, 15) is 9.59 Å². The van der Waals surface area contributed by atoms with Crippen LogP contribution in [0.4, 0.5) is 5.69 Å². The number of amides is 2. The van der Waals surface area contributed by atoms with Gasteiger partial charge >= 0.3 is 0 Å². The van der Waals surface area contributed by atoms with Crippen LogP contribution in [0.1, 0.15) is 28.9 Å². The van der Waals surface area contributed by atoms with Gasteiger partial charge in [0.15, 0.2) is 0 Å². The average molecular weight is 441 g/mol. The van der Waals surface area contributed by atoms with Gasteiger partial charge in [-0.05, 0) is 48.6 Å². The number of carbonyl (C=O) groups is 2. The minimum atomic E-state index is -0.527. The number of anilines is 1. The Morgan fingerprint density at radius 3 is 2.59 bits per heavy atom. The van der Waals surface area contributed by atoms with Crippen molar-refractivity contribution in [3.8, 4) is 0 Å². The molecule has 1 saturated heterocycles. The summed E-state index contributed by atoms with van der Waals surface area (Å²) in [7, 11) is 0. The van der Waals surface area contributed by atoms with Gasteiger partial charge in [0.1, 0.15) is 5.69 Å². The summed E-state index contributed by atoms with van der Waals surface area (Å²) in [5.41, 5.74) is 7.95. The highest BCUT2D eigenvalue weighted by Crippen LogP contribution is 2.18. The number of carbonyl (C=O) groups excluding carboxylic acids is 2. The highest BCUT2D eigenvalue weighted by atomic mass is 35.5. The molecule has 0 bridgehead atoms. The summed E-state index contributed by atoms with van der Waals surface area (Å²) >= 11 is 0. The van der Waals surface area contributed by atoms with Crippen LogP contribution in [0.15, 0.2) is 48.7 Å². The molecule has 1 aliphatic rings. The van der Waals surface area contributed by atoms with Crippen LogP contribution in [0.25, 0.3) is 0 Å². The number of hydrogen-bond acceptors (Lipinski definition) is 5. The SMILES string of the molecule is Cl.Cl.NC(C(=O)NCc1cccc(NC(=O)c2ccccn2)c1)C1CCOCC1. The van der Waals surface area contributed by atoms with Gasteiger partial charge in [-0.1, -0.05) is 18.2 Å². The highest BCUT2D eigenvalue weighted by Gasteiger charge is 2.26. The second-order valence-electron chi connectivity index (χ2n) is 6.56. The second-order valence-corrected chi connectivity index (χ2v) is 6.56. The van der Waals surface area contributed by atoms with Gasteiger partial charge in [-0.3, -0.25) is 14.6 Å². The number of hydrogen-bond donors (Lipinski definition) is 3. The standard InChI is InChI=1S/C20H24N4O3.2ClH/c21-18(15-7-10-27-11-8-15)20(26)23-13-14-4-3-5-16(12-14)24-19(25)17-6-1-2-9-22-17;;/h1-6,9,12,15,18H,7-8,10-11,13,21H2,(H,23,26)(H,24,25);2*1H. The average Bonchev–Trinajstić information content (AvgIpc) is 2.73. The van der Waals surface area contributed by atoms with Crippen molar-refractivity contribution in [2.24, 2.45) is 11.7 Å². The van der Waals surface area contributed by atoms with E-state index in [1.54, 1.807) is 30.5 Å². The minimum Gasteiger partial charge on any atom is -0.381 e. The molecule has 0 saturated carbocycles. The molecule has 9 heteroatoms. The van der Waals surface area contributed by atoms with Crippen molar-refractivity contribution >= 4 is 42.3 Å². The molecule has 2 aromatic rings. The Bertz CT molecular complexity index is 786. The Balaban J connectivity index is 0.00000210. The smallest absolute Gasteiger partial charge is 0.274 e. The summed E-state index contributed by atoms with van der Waals surface area (Å²) in [6.45, 7) is 1.66. The lowest BCUT2D eigenvalue weighted by Gasteiger charge is -2.26. The number of ether oxygens (including phenoxy) is 1. The van der Waals surface area contributed by atoms with Crippen LogP contribution in [-0.4, -0.2) is 36.1 Å². The number of nitrogens with two attached hydrogens (primary N) is 1. The zero-order chi connectivity index (χ0) is 19.1. The fourth-order valence-corrected chi connectivity index (χ4v) is 3.05. The Hall–Kier alpha value is -2.19. The third-order valence-corrected chi connectivity index (χ3v) is 4.63. The van der Waals surface area contributed by atoms with E-state index in [1.807, 2.05) is 18.2 Å². The van der Waals surface area contributed by atoms with Crippen molar-refractivity contribution in [2.75, 3.05) is 18.5 Å². The Morgan fingerprint density at radius 2 is 1.90 bits per heavy atom. The molecule has 2 amide bonds. The van der Waals surface area contributed by atoms with E-state index < -0.39 is 6.04 Å². The van der Waals surface area contributed by atoms with Gasteiger partial charge in [0.2, 0.25) is 5.91 Å². The Labute approximate surface area is 182 Å². The van der Waals surface area contributed by atoms with Gasteiger partial charge in [0.05, 0.1) is 6.04 Å². The van der Waals surface area contributed by atoms with Gasteiger partial charge in [0, 0.05) is 31.6 Å². The van der Waals surface area contributed by atoms with E-state index in [-0.39, 0.29) is 42.5 Å². The molecule has 4 N–H and O–H groups in total. The number of pyridine rings is 1. The van der Waals surface area contributed by atoms with Crippen LogP contribution < -0.4 is 16.4 Å². The van der Waals surface area contributed by atoms with Crippen molar-refractivity contribution in [2.45, 2.75) is 25.4 Å². The first-order valence-electron chi connectivity index (χ1n) is 9.06. The summed E-state index contributed by atoms with van der Waals surface area (Å²) in [6, 6.07) is 12.0. The van der Waals surface area contributed by atoms with E-state index in [4.69, 9.17) is 10.5 Å². The lowest BCUT2D eigenvalue weighted by molar-refractivity contribution is -0.124. The van der Waals surface area contributed by atoms with Gasteiger partial charge in [-0.25, -0.2) is 0 Å². The van der Waals surface area contributed by atoms with Gasteiger partial charge in [0.25, 0.3) is 5.91 Å². The summed E-state index contributed by atoms with van der Waals surface area (Å²) in [6.07, 6.45) is 3.19. The molecule has 0 radical (unpaired) electrons. The van der Waals surface area contributed by atoms with Crippen molar-refractivity contribution in [3.05, 3.63) is 59.9 Å². The highest BCUT2D eigenvalue weighted by molar-refractivity contribution is 6.02. The van der Waals surface area contributed by atoms with Gasteiger partial charge in [-0.2, -0.15) is 0 Å². The molecule has 1 aliphatic heterocycles. The Morgan fingerprint density at radius 1 is 1.14 bits per heavy atom. The molecule has 1 aromatic heterocycles. The number of halogens is 2. The maximum atomic E-state index is 12.3. The van der Waals surface area contributed by atoms with Crippen LogP contribution in [0, 0.1) is 5.92 Å². The van der Waals surface area contributed by atoms with Crippen molar-refractivity contribution in [3.63, 3.8) is 0 Å². The zero-order valence-electron chi connectivity index (χ0n) is 15.9. The largest absolute Gasteiger partial charge is 0.381 e. The van der Waals surface area contributed by atoms with Crippen molar-refractivity contribution in [1.29, 1.82) is 0 Å². The van der Waals surface area contributed by atoms with E-state index >= 15 is 0 Å². The molecule has 158 valence electrons. The zero-order valence-corrected chi connectivity index (χ0v) is 17.5. The van der Waals surface area contributed by atoms with E-state index in [0.717, 1.165) is 18.4 Å². The van der Waals surface area contributed by atoms with E-state index in [0.29, 0.717) is 31.1 Å². The fraction of sp³-hybridized carbons (Fsp3) is 0.350. The van der Waals surface area contributed by atoms with Crippen LogP contribution in [0.3, 0.4) is 0 Å². The molecule has 7 nitrogen and oxygen atoms in total. The van der Waals surface area contributed by atoms with Crippen LogP contribution in [-0.2, 0) is 16.1 Å². The summed E-state index contributed by atoms with van der Waals surface area (Å²) in [5, 5.41) is 5.69. The number of aromatic nitrogens is 1. The first-order valence-corrected chi connectivity index (χ1v) is 9.06. The van der Waals surface area contributed by atoms with E-state index in [1.165, 1.54) is 0 Å². The molecule has 1 aromatic carbocycles. The lowest BCUT2D eigenvalue weighted by atomic mass is 9.92. The Kier molecular flexibility index (Phi) is 10.6. The molecular weight excluding hydrogens is 415 g/mol. The number of benzene rings is 1. The third kappa shape index (κ3) is 7.29. The third-order valence-electron chi connectivity index (χ3n) is 4.63. The number of nitrogens with one attached hydrogen (secondary N) is 2. The molecule has 1 unspecified atom stereocenters. The quantitative estimate of drug-likeness (QED) is 0.639. The van der Waals surface area contributed by atoms with Crippen LogP contribution in [0.5, 0.6) is 0 Å². The minimum absolute atomic E-state index is 0. The maximum absolute atomic E-state index is 12.3. The predicted octanol–water partition coefficient (Wildman–Crippen LogP) is 2.55. The number of rotatable bonds is 6. The monoisotopic (exact) mass is 440 g/mol. The number of nitrogens with zero attached hydrogens (tertiary/aromatic N) is 1. The molecular formula is C20H26Cl2N4O3. The first-order chi connectivity index (χ1) is 13.1. The van der Waals surface area contributed by atoms with Crippen LogP contribution >= 0.6 is 24.8 Å². The second kappa shape index (κ2) is 12.4. The van der Waals surface area contributed by atoms with Gasteiger partial charge < -0.3 is 21.1 Å². The lowest BCUT2D eigenvalue weighted by Crippen LogP contribution is -2.46. The molecule has 1 fully saturated rings. The predicted molar refractivity (Wildman–Crippen MR) is 116 cm³/mol. The molecule has 29 heavy (non-hydrogen) atoms. The molecule has 2 heterocycles. The fourth-order valence-electron chi connectivity index (χ4n) is 3.05.